The second-order valence-electron chi connectivity index (χ2n) is 37.4. The molecule has 138 heavy (non-hydrogen) atoms. The topological polar surface area (TPSA) is 708 Å². The zero-order valence-electron chi connectivity index (χ0n) is 80.3. The minimum absolute atomic E-state index is 0.0935. The third kappa shape index (κ3) is 35.9. The summed E-state index contributed by atoms with van der Waals surface area (Å²) in [6.45, 7) is -1.45. The van der Waals surface area contributed by atoms with Gasteiger partial charge in [0.2, 0.25) is 23.6 Å². The number of aliphatic hydroxyl groups excluding tert-OH is 21. The first-order valence-electron chi connectivity index (χ1n) is 49.8. The highest BCUT2D eigenvalue weighted by Crippen LogP contribution is 2.43. The number of carbonyl (C=O) groups is 5. The van der Waals surface area contributed by atoms with Crippen LogP contribution in [0.1, 0.15) is 247 Å². The number of amides is 4. The molecule has 0 saturated carbocycles. The second kappa shape index (κ2) is 63.1. The van der Waals surface area contributed by atoms with Crippen LogP contribution >= 0.6 is 0 Å². The van der Waals surface area contributed by atoms with E-state index in [-0.39, 0.29) is 6.42 Å². The van der Waals surface area contributed by atoms with Crippen LogP contribution in [-0.4, -0.2) is 427 Å². The Hall–Kier alpha value is -4.57. The standard InChI is InChI=1S/C93H164N4O41/c1-6-8-10-12-14-16-18-20-21-22-23-24-25-26-27-29-31-33-35-37-39-41-64(111)97-54(55(108)40-38-36-34-32-30-28-19-17-15-13-11-9-7-2)50-125-88-76(120)74(118)80(62(48-103)130-88)133-91-78(122)85(138-93(92(123)124)42-56(109)65(94-51(3)105)83(137-93)68(112)57(110)43-98)81(63(49-104)131-91)134-87-67(96-53(5)107)82(70(114)59(45-100)126-87)135-90-77(121)84(71(115)60(46-101)128-90)136-86-66(95-52(4)106)72(116)79(61(47-102)129-86)132-89-75(119)73(117)69(113)58(44-99)127-89/h20-21,38,40,54-63,65-91,98-104,108-110,112-122H,6-19,22-37,39,41-50H2,1-5H3,(H,94,105)(H,95,106)(H,96,107)(H,97,111)(H,123,124)/b21-20-,40-38+/t54-,55+,56?,57+,58?,59?,60?,61?,62?,63?,65+,66?,67?,68+,69-,70-,71-,72+,73-,74+,75?,76?,77?,78?,79+,80+,81-,82+,83?,84-,85+,86-,87-,88+,89-,90-,91-,93-/m0/s1. The smallest absolute Gasteiger partial charge is 0.364 e. The van der Waals surface area contributed by atoms with Gasteiger partial charge in [-0.1, -0.05) is 192 Å². The summed E-state index contributed by atoms with van der Waals surface area (Å²) in [5.74, 6) is -8.99. The first-order valence-corrected chi connectivity index (χ1v) is 49.8. The number of rotatable bonds is 64. The van der Waals surface area contributed by atoms with Gasteiger partial charge in [0.05, 0.1) is 77.1 Å². The number of unbranched alkanes of at least 4 members (excludes halogenated alkanes) is 28. The molecular formula is C93H164N4O41. The van der Waals surface area contributed by atoms with Crippen LogP contribution in [0.3, 0.4) is 0 Å². The number of allylic oxidation sites excluding steroid dienone is 3. The van der Waals surface area contributed by atoms with Crippen LogP contribution in [0.25, 0.3) is 0 Å². The van der Waals surface area contributed by atoms with Crippen LogP contribution in [0.4, 0.5) is 0 Å². The van der Waals surface area contributed by atoms with Gasteiger partial charge in [0.15, 0.2) is 37.7 Å². The highest BCUT2D eigenvalue weighted by atomic mass is 16.8. The summed E-state index contributed by atoms with van der Waals surface area (Å²) in [4.78, 5) is 67.0. The molecule has 0 spiro atoms. The van der Waals surface area contributed by atoms with Crippen molar-refractivity contribution in [3.8, 4) is 0 Å². The van der Waals surface area contributed by atoms with Gasteiger partial charge in [-0.3, -0.25) is 19.2 Å². The van der Waals surface area contributed by atoms with Crippen LogP contribution in [0.5, 0.6) is 0 Å². The lowest BCUT2D eigenvalue weighted by Gasteiger charge is -2.53. The molecule has 7 saturated heterocycles. The number of ether oxygens (including phenoxy) is 14. The normalized spacial score (nSPS) is 36.3. The number of hydrogen-bond acceptors (Lipinski definition) is 40. The Bertz CT molecular complexity index is 3460. The summed E-state index contributed by atoms with van der Waals surface area (Å²) in [5, 5.41) is 259. The molecule has 14 unspecified atom stereocenters. The van der Waals surface area contributed by atoms with Gasteiger partial charge < -0.3 is 200 Å². The van der Waals surface area contributed by atoms with Crippen molar-refractivity contribution in [3.63, 3.8) is 0 Å². The van der Waals surface area contributed by atoms with Crippen molar-refractivity contribution in [3.05, 3.63) is 24.3 Å². The van der Waals surface area contributed by atoms with E-state index in [1.54, 1.807) is 6.08 Å². The highest BCUT2D eigenvalue weighted by Gasteiger charge is 2.64. The average Bonchev–Trinajstić information content (AvgIpc) is 0.754. The molecule has 7 aliphatic heterocycles. The average molecular weight is 1990 g/mol. The Labute approximate surface area is 806 Å². The fraction of sp³-hybridized carbons (Fsp3) is 0.903. The first-order chi connectivity index (χ1) is 66.1. The van der Waals surface area contributed by atoms with Gasteiger partial charge in [-0.2, -0.15) is 0 Å². The van der Waals surface area contributed by atoms with E-state index >= 15 is 0 Å². The number of aliphatic carboxylic acids is 1. The van der Waals surface area contributed by atoms with Gasteiger partial charge in [-0.25, -0.2) is 4.79 Å². The molecule has 7 heterocycles. The van der Waals surface area contributed by atoms with Crippen molar-refractivity contribution in [2.75, 3.05) is 52.9 Å². The largest absolute Gasteiger partial charge is 0.477 e. The Morgan fingerprint density at radius 3 is 1.23 bits per heavy atom. The Balaban J connectivity index is 1.12. The minimum atomic E-state index is -3.49. The summed E-state index contributed by atoms with van der Waals surface area (Å²) in [6, 6.07) is -7.02. The lowest BCUT2D eigenvalue weighted by Crippen LogP contribution is -2.72. The van der Waals surface area contributed by atoms with E-state index in [4.69, 9.17) is 66.3 Å². The van der Waals surface area contributed by atoms with E-state index in [9.17, 15) is 136 Å². The summed E-state index contributed by atoms with van der Waals surface area (Å²) < 4.78 is 84.7. The van der Waals surface area contributed by atoms with Crippen molar-refractivity contribution in [2.24, 2.45) is 0 Å². The Kier molecular flexibility index (Phi) is 55.0. The molecule has 7 fully saturated rings. The van der Waals surface area contributed by atoms with Crippen LogP contribution < -0.4 is 21.3 Å². The maximum absolute atomic E-state index is 14.1. The van der Waals surface area contributed by atoms with E-state index in [0.717, 1.165) is 104 Å². The molecule has 7 rings (SSSR count). The molecule has 45 nitrogen and oxygen atoms in total. The van der Waals surface area contributed by atoms with E-state index in [1.165, 1.54) is 109 Å². The molecule has 802 valence electrons. The van der Waals surface area contributed by atoms with Gasteiger partial charge in [0.1, 0.15) is 165 Å². The summed E-state index contributed by atoms with van der Waals surface area (Å²) in [5.41, 5.74) is 0. The van der Waals surface area contributed by atoms with Crippen LogP contribution in [0.15, 0.2) is 24.3 Å². The maximum Gasteiger partial charge on any atom is 0.364 e. The van der Waals surface area contributed by atoms with Crippen molar-refractivity contribution in [1.82, 2.24) is 21.3 Å². The van der Waals surface area contributed by atoms with E-state index in [0.29, 0.717) is 12.8 Å². The van der Waals surface area contributed by atoms with Crippen molar-refractivity contribution >= 4 is 29.6 Å². The quantitative estimate of drug-likeness (QED) is 0.0211. The minimum Gasteiger partial charge on any atom is -0.477 e. The Morgan fingerprint density at radius 1 is 0.377 bits per heavy atom. The number of nitrogens with one attached hydrogen (secondary N) is 4. The molecular weight excluding hydrogens is 1830 g/mol. The van der Waals surface area contributed by atoms with Gasteiger partial charge in [-0.05, 0) is 44.9 Å². The fourth-order valence-corrected chi connectivity index (χ4v) is 18.4. The van der Waals surface area contributed by atoms with Crippen LogP contribution in [-0.2, 0) is 90.3 Å². The number of carbonyl (C=O) groups excluding carboxylic acids is 4. The van der Waals surface area contributed by atoms with Crippen LogP contribution in [0, 0.1) is 0 Å². The second-order valence-corrected chi connectivity index (χ2v) is 37.4. The summed E-state index contributed by atoms with van der Waals surface area (Å²) in [6.07, 6.45) is -29.0. The van der Waals surface area contributed by atoms with Gasteiger partial charge in [0, 0.05) is 33.6 Å². The van der Waals surface area contributed by atoms with Crippen molar-refractivity contribution < 1.29 is 203 Å². The number of hydrogen-bond donors (Lipinski definition) is 26. The summed E-state index contributed by atoms with van der Waals surface area (Å²) in [7, 11) is 0. The third-order valence-corrected chi connectivity index (χ3v) is 26.4. The zero-order chi connectivity index (χ0) is 101. The Morgan fingerprint density at radius 2 is 0.746 bits per heavy atom. The molecule has 0 aromatic heterocycles. The molecule has 4 amide bonds. The third-order valence-electron chi connectivity index (χ3n) is 26.4. The van der Waals surface area contributed by atoms with Crippen molar-refractivity contribution in [2.45, 2.75) is 479 Å². The maximum atomic E-state index is 14.1. The fourth-order valence-electron chi connectivity index (χ4n) is 18.4. The molecule has 0 aromatic carbocycles. The highest BCUT2D eigenvalue weighted by molar-refractivity contribution is 5.77. The van der Waals surface area contributed by atoms with Crippen LogP contribution in [0.2, 0.25) is 0 Å². The number of aliphatic hydroxyl groups is 21. The van der Waals surface area contributed by atoms with E-state index in [2.05, 4.69) is 47.3 Å². The number of carboxylic acids is 1. The lowest BCUT2D eigenvalue weighted by atomic mass is 9.88. The molecule has 26 N–H and O–H groups in total. The molecule has 0 bridgehead atoms. The van der Waals surface area contributed by atoms with E-state index in [1.807, 2.05) is 0 Å². The molecule has 0 radical (unpaired) electrons. The molecule has 0 aromatic rings. The molecule has 38 atom stereocenters. The first kappa shape index (κ1) is 120. The summed E-state index contributed by atoms with van der Waals surface area (Å²) >= 11 is 0. The van der Waals surface area contributed by atoms with Gasteiger partial charge in [-0.15, -0.1) is 0 Å². The number of carboxylic acid groups (broad SMARTS) is 1. The van der Waals surface area contributed by atoms with E-state index < -0.39 is 321 Å². The molecule has 7 aliphatic rings. The lowest BCUT2D eigenvalue weighted by molar-refractivity contribution is -0.404. The van der Waals surface area contributed by atoms with Gasteiger partial charge in [0.25, 0.3) is 5.79 Å². The van der Waals surface area contributed by atoms with Gasteiger partial charge >= 0.3 is 5.97 Å². The van der Waals surface area contributed by atoms with Crippen molar-refractivity contribution in [1.29, 1.82) is 0 Å². The molecule has 45 heteroatoms. The predicted octanol–water partition coefficient (Wildman–Crippen LogP) is -3.13. The zero-order valence-corrected chi connectivity index (χ0v) is 80.3. The predicted molar refractivity (Wildman–Crippen MR) is 483 cm³/mol. The molecule has 0 aliphatic carbocycles. The monoisotopic (exact) mass is 1990 g/mol. The SMILES string of the molecule is CCCCCCCC/C=C\CCCCCCCCCCCCCC(=O)N[C@@H](CO[C@@H]1OC(CO)[C@@H](O[C@@H]2OC(CO)[C@H](O[C@@H]3OC(CO)[C@H](O)[C@H](O[C@@H]4OC(CO)[C@H](O)[C@H](O[C@@H]5OC(CO)[C@@H](O[C@@H]6OC(CO)[C@H](O)[C@H](O)C6O)[C@H](O)C5NC(C)=O)C4O)C3NC(C)=O)[C@H](O[C@]3(C(=O)O)CC(O)[C@@H](NC(C)=O)C([C@H](O)[C@H](O)CO)O3)C2O)[C@H](O)C1O)[C@H](O)/C=C/CCCCCCCCCCCCC.